The van der Waals surface area contributed by atoms with Crippen molar-refractivity contribution >= 4 is 6.16 Å². The Morgan fingerprint density at radius 1 is 0.545 bits per heavy atom. The summed E-state index contributed by atoms with van der Waals surface area (Å²) in [6, 6.07) is 34.8. The van der Waals surface area contributed by atoms with Gasteiger partial charge in [0.05, 0.1) is 26.4 Å². The molecule has 0 fully saturated rings. The molecule has 0 bridgehead atoms. The summed E-state index contributed by atoms with van der Waals surface area (Å²) in [4.78, 5) is 12.4. The van der Waals surface area contributed by atoms with Crippen molar-refractivity contribution in [1.82, 2.24) is 0 Å². The van der Waals surface area contributed by atoms with Crippen LogP contribution in [0.4, 0.5) is 4.79 Å². The number of ether oxygens (including phenoxy) is 6. The van der Waals surface area contributed by atoms with Gasteiger partial charge in [-0.2, -0.15) is 0 Å². The molecule has 232 valence electrons. The van der Waals surface area contributed by atoms with Gasteiger partial charge >= 0.3 is 6.16 Å². The highest BCUT2D eigenvalue weighted by Gasteiger charge is 2.14. The van der Waals surface area contributed by atoms with Gasteiger partial charge in [-0.05, 0) is 73.2 Å². The van der Waals surface area contributed by atoms with Gasteiger partial charge in [0, 0.05) is 13.2 Å². The standard InChI is InChI=1S/C37H42O7/c1-3-39-27-35(31-11-7-5-8-12-31)41-25-23-29-15-19-33(20-16-29)43-37(38)44-34-21-17-30(18-22-34)24-26-42-36(28-40-4-2)32-13-9-6-10-14-32/h5-22,35-36H,3-4,23-28H2,1-2H3. The SMILES string of the molecule is CCOCC(OCCc1ccc(OC(=O)Oc2ccc(CCOC(COCC)c3ccccc3)cc2)cc1)c1ccccc1. The predicted molar refractivity (Wildman–Crippen MR) is 170 cm³/mol. The van der Waals surface area contributed by atoms with Gasteiger partial charge < -0.3 is 28.4 Å². The fourth-order valence-electron chi connectivity index (χ4n) is 4.57. The van der Waals surface area contributed by atoms with E-state index in [1.807, 2.05) is 98.8 Å². The monoisotopic (exact) mass is 598 g/mol. The summed E-state index contributed by atoms with van der Waals surface area (Å²) in [5, 5.41) is 0. The van der Waals surface area contributed by atoms with Gasteiger partial charge in [-0.1, -0.05) is 84.9 Å². The van der Waals surface area contributed by atoms with Crippen molar-refractivity contribution in [1.29, 1.82) is 0 Å². The second-order valence-corrected chi connectivity index (χ2v) is 10.1. The lowest BCUT2D eigenvalue weighted by atomic mass is 10.1. The highest BCUT2D eigenvalue weighted by molar-refractivity contribution is 5.67. The molecule has 4 aromatic rings. The second-order valence-electron chi connectivity index (χ2n) is 10.1. The van der Waals surface area contributed by atoms with Crippen molar-refractivity contribution in [3.8, 4) is 11.5 Å². The second kappa shape index (κ2) is 18.6. The molecule has 0 saturated heterocycles. The highest BCUT2D eigenvalue weighted by Crippen LogP contribution is 2.21. The molecule has 0 aliphatic rings. The van der Waals surface area contributed by atoms with Crippen LogP contribution in [0.1, 0.15) is 48.3 Å². The van der Waals surface area contributed by atoms with Crippen molar-refractivity contribution in [3.05, 3.63) is 131 Å². The van der Waals surface area contributed by atoms with Crippen LogP contribution in [0.2, 0.25) is 0 Å². The molecule has 0 spiro atoms. The number of hydrogen-bond donors (Lipinski definition) is 0. The van der Waals surface area contributed by atoms with E-state index < -0.39 is 6.16 Å². The van der Waals surface area contributed by atoms with Gasteiger partial charge in [0.1, 0.15) is 23.7 Å². The normalized spacial score (nSPS) is 12.4. The van der Waals surface area contributed by atoms with Crippen LogP contribution >= 0.6 is 0 Å². The predicted octanol–water partition coefficient (Wildman–Crippen LogP) is 7.94. The number of benzene rings is 4. The Morgan fingerprint density at radius 3 is 1.30 bits per heavy atom. The number of carbonyl (C=O) groups is 1. The molecule has 0 radical (unpaired) electrons. The summed E-state index contributed by atoms with van der Waals surface area (Å²) in [6.07, 6.45) is 0.413. The molecule has 7 heteroatoms. The fraction of sp³-hybridized carbons (Fsp3) is 0.324. The molecular weight excluding hydrogens is 556 g/mol. The molecule has 0 saturated carbocycles. The number of hydrogen-bond acceptors (Lipinski definition) is 7. The lowest BCUT2D eigenvalue weighted by Crippen LogP contribution is -2.14. The third-order valence-corrected chi connectivity index (χ3v) is 6.96. The van der Waals surface area contributed by atoms with Crippen molar-refractivity contribution in [3.63, 3.8) is 0 Å². The van der Waals surface area contributed by atoms with Gasteiger partial charge in [-0.25, -0.2) is 4.79 Å². The van der Waals surface area contributed by atoms with E-state index in [2.05, 4.69) is 0 Å². The number of carbonyl (C=O) groups excluding carboxylic acids is 1. The zero-order valence-corrected chi connectivity index (χ0v) is 25.6. The average molecular weight is 599 g/mol. The van der Waals surface area contributed by atoms with Crippen molar-refractivity contribution in [2.45, 2.75) is 38.9 Å². The Bertz CT molecular complexity index is 1240. The summed E-state index contributed by atoms with van der Waals surface area (Å²) in [6.45, 7) is 7.33. The first kappa shape index (κ1) is 32.9. The number of rotatable bonds is 18. The topological polar surface area (TPSA) is 72.5 Å². The molecule has 0 aromatic heterocycles. The van der Waals surface area contributed by atoms with Crippen LogP contribution in [0.15, 0.2) is 109 Å². The zero-order valence-electron chi connectivity index (χ0n) is 25.6. The lowest BCUT2D eigenvalue weighted by Gasteiger charge is -2.18. The van der Waals surface area contributed by atoms with E-state index in [-0.39, 0.29) is 12.2 Å². The first-order chi connectivity index (χ1) is 21.6. The highest BCUT2D eigenvalue weighted by atomic mass is 16.7. The van der Waals surface area contributed by atoms with E-state index in [9.17, 15) is 4.79 Å². The third kappa shape index (κ3) is 11.2. The summed E-state index contributed by atoms with van der Waals surface area (Å²) in [5.41, 5.74) is 4.33. The first-order valence-corrected chi connectivity index (χ1v) is 15.2. The van der Waals surface area contributed by atoms with Crippen LogP contribution in [0.25, 0.3) is 0 Å². The van der Waals surface area contributed by atoms with Gasteiger partial charge in [-0.3, -0.25) is 0 Å². The minimum Gasteiger partial charge on any atom is -0.395 e. The summed E-state index contributed by atoms with van der Waals surface area (Å²) >= 11 is 0. The Kier molecular flexibility index (Phi) is 13.9. The van der Waals surface area contributed by atoms with E-state index in [0.29, 0.717) is 51.1 Å². The van der Waals surface area contributed by atoms with Gasteiger partial charge in [0.25, 0.3) is 0 Å². The quantitative estimate of drug-likeness (QED) is 0.0850. The largest absolute Gasteiger partial charge is 0.519 e. The molecular formula is C37H42O7. The third-order valence-electron chi connectivity index (χ3n) is 6.96. The molecule has 0 aliphatic carbocycles. The van der Waals surface area contributed by atoms with Crippen LogP contribution in [0, 0.1) is 0 Å². The van der Waals surface area contributed by atoms with Crippen molar-refractivity contribution < 1.29 is 33.2 Å². The zero-order chi connectivity index (χ0) is 30.8. The summed E-state index contributed by atoms with van der Waals surface area (Å²) in [7, 11) is 0. The van der Waals surface area contributed by atoms with Crippen LogP contribution in [0.5, 0.6) is 11.5 Å². The van der Waals surface area contributed by atoms with E-state index >= 15 is 0 Å². The van der Waals surface area contributed by atoms with Gasteiger partial charge in [0.15, 0.2) is 0 Å². The molecule has 0 amide bonds. The van der Waals surface area contributed by atoms with Crippen LogP contribution < -0.4 is 9.47 Å². The summed E-state index contributed by atoms with van der Waals surface area (Å²) in [5.74, 6) is 0.818. The summed E-state index contributed by atoms with van der Waals surface area (Å²) < 4.78 is 34.2. The van der Waals surface area contributed by atoms with Gasteiger partial charge in [0.2, 0.25) is 0 Å². The molecule has 4 rings (SSSR count). The molecule has 0 N–H and O–H groups in total. The molecule has 4 aromatic carbocycles. The van der Waals surface area contributed by atoms with Crippen LogP contribution in [-0.4, -0.2) is 45.8 Å². The van der Waals surface area contributed by atoms with E-state index in [1.165, 1.54) is 0 Å². The van der Waals surface area contributed by atoms with Gasteiger partial charge in [-0.15, -0.1) is 0 Å². The average Bonchev–Trinajstić information content (AvgIpc) is 3.06. The maximum atomic E-state index is 12.4. The Morgan fingerprint density at radius 2 is 0.932 bits per heavy atom. The first-order valence-electron chi connectivity index (χ1n) is 15.2. The Hall–Kier alpha value is -4.01. The molecule has 0 heterocycles. The van der Waals surface area contributed by atoms with E-state index in [0.717, 1.165) is 35.1 Å². The molecule has 2 atom stereocenters. The van der Waals surface area contributed by atoms with Crippen LogP contribution in [0.3, 0.4) is 0 Å². The van der Waals surface area contributed by atoms with E-state index in [4.69, 9.17) is 28.4 Å². The van der Waals surface area contributed by atoms with E-state index in [1.54, 1.807) is 24.3 Å². The Balaban J connectivity index is 1.18. The van der Waals surface area contributed by atoms with Crippen LogP contribution in [-0.2, 0) is 31.8 Å². The van der Waals surface area contributed by atoms with Crippen molar-refractivity contribution in [2.75, 3.05) is 39.6 Å². The lowest BCUT2D eigenvalue weighted by molar-refractivity contribution is -0.0139. The fourth-order valence-corrected chi connectivity index (χ4v) is 4.57. The minimum atomic E-state index is -0.791. The molecule has 44 heavy (non-hydrogen) atoms. The van der Waals surface area contributed by atoms with Crippen molar-refractivity contribution in [2.24, 2.45) is 0 Å². The minimum absolute atomic E-state index is 0.117. The molecule has 2 unspecified atom stereocenters. The molecule has 7 nitrogen and oxygen atoms in total. The molecule has 0 aliphatic heterocycles. The maximum Gasteiger partial charge on any atom is 0.519 e. The smallest absolute Gasteiger partial charge is 0.395 e. The Labute approximate surface area is 260 Å². The maximum absolute atomic E-state index is 12.4.